The third-order valence-electron chi connectivity index (χ3n) is 2.18. The van der Waals surface area contributed by atoms with Crippen LogP contribution in [0, 0.1) is 6.92 Å². The van der Waals surface area contributed by atoms with Gasteiger partial charge < -0.3 is 11.1 Å². The summed E-state index contributed by atoms with van der Waals surface area (Å²) in [7, 11) is 0. The van der Waals surface area contributed by atoms with E-state index in [1.54, 1.807) is 17.4 Å². The van der Waals surface area contributed by atoms with Crippen molar-refractivity contribution in [2.24, 2.45) is 0 Å². The molecule has 5 heteroatoms. The summed E-state index contributed by atoms with van der Waals surface area (Å²) < 4.78 is 0. The lowest BCUT2D eigenvalue weighted by molar-refractivity contribution is 0.0955. The molecule has 3 nitrogen and oxygen atoms in total. The molecule has 84 valence electrons. The summed E-state index contributed by atoms with van der Waals surface area (Å²) >= 11 is 3.06. The van der Waals surface area contributed by atoms with Crippen molar-refractivity contribution < 1.29 is 4.79 Å². The van der Waals surface area contributed by atoms with E-state index in [4.69, 9.17) is 5.73 Å². The maximum atomic E-state index is 11.8. The van der Waals surface area contributed by atoms with Gasteiger partial charge in [-0.15, -0.1) is 22.7 Å². The Morgan fingerprint density at radius 2 is 2.38 bits per heavy atom. The van der Waals surface area contributed by atoms with Gasteiger partial charge in [-0.1, -0.05) is 6.07 Å². The van der Waals surface area contributed by atoms with Crippen molar-refractivity contribution in [3.63, 3.8) is 0 Å². The second-order valence-electron chi connectivity index (χ2n) is 3.38. The number of hydrogen-bond acceptors (Lipinski definition) is 4. The van der Waals surface area contributed by atoms with Crippen molar-refractivity contribution in [1.29, 1.82) is 0 Å². The minimum atomic E-state index is -0.0572. The first kappa shape index (κ1) is 11.2. The maximum Gasteiger partial charge on any atom is 0.261 e. The van der Waals surface area contributed by atoms with Gasteiger partial charge in [0.1, 0.15) is 0 Å². The van der Waals surface area contributed by atoms with Crippen molar-refractivity contribution >= 4 is 34.3 Å². The molecular weight excluding hydrogens is 240 g/mol. The molecule has 3 N–H and O–H groups in total. The van der Waals surface area contributed by atoms with E-state index in [0.29, 0.717) is 17.1 Å². The molecule has 0 saturated heterocycles. The van der Waals surface area contributed by atoms with Crippen LogP contribution in [0.1, 0.15) is 19.4 Å². The SMILES string of the molecule is Cc1sc(C(=O)NCc2cccs2)cc1N. The monoisotopic (exact) mass is 252 g/mol. The Bertz CT molecular complexity index is 469. The quantitative estimate of drug-likeness (QED) is 0.882. The fourth-order valence-corrected chi connectivity index (χ4v) is 2.78. The number of anilines is 1. The van der Waals surface area contributed by atoms with E-state index in [0.717, 1.165) is 9.75 Å². The zero-order valence-corrected chi connectivity index (χ0v) is 10.5. The molecule has 2 aromatic heterocycles. The van der Waals surface area contributed by atoms with Gasteiger partial charge in [-0.25, -0.2) is 0 Å². The standard InChI is InChI=1S/C11H12N2OS2/c1-7-9(12)5-10(16-7)11(14)13-6-8-3-2-4-15-8/h2-5H,6,12H2,1H3,(H,13,14). The lowest BCUT2D eigenvalue weighted by atomic mass is 10.3. The minimum absolute atomic E-state index is 0.0572. The van der Waals surface area contributed by atoms with Crippen LogP contribution in [0.15, 0.2) is 23.6 Å². The van der Waals surface area contributed by atoms with Gasteiger partial charge in [-0.05, 0) is 24.4 Å². The molecule has 16 heavy (non-hydrogen) atoms. The highest BCUT2D eigenvalue weighted by Crippen LogP contribution is 2.23. The summed E-state index contributed by atoms with van der Waals surface area (Å²) in [5.41, 5.74) is 6.39. The Hall–Kier alpha value is -1.33. The van der Waals surface area contributed by atoms with Gasteiger partial charge in [0.15, 0.2) is 0 Å². The number of nitrogens with two attached hydrogens (primary N) is 1. The number of aryl methyl sites for hydroxylation is 1. The van der Waals surface area contributed by atoms with Gasteiger partial charge in [-0.3, -0.25) is 4.79 Å². The van der Waals surface area contributed by atoms with Crippen molar-refractivity contribution in [2.45, 2.75) is 13.5 Å². The number of amides is 1. The van der Waals surface area contributed by atoms with E-state index >= 15 is 0 Å². The average molecular weight is 252 g/mol. The van der Waals surface area contributed by atoms with E-state index in [9.17, 15) is 4.79 Å². The molecule has 0 atom stereocenters. The van der Waals surface area contributed by atoms with Crippen LogP contribution in [0.3, 0.4) is 0 Å². The molecule has 0 bridgehead atoms. The normalized spacial score (nSPS) is 10.3. The van der Waals surface area contributed by atoms with Crippen molar-refractivity contribution in [3.05, 3.63) is 38.2 Å². The average Bonchev–Trinajstić information content (AvgIpc) is 2.86. The summed E-state index contributed by atoms with van der Waals surface area (Å²) in [6, 6.07) is 5.70. The summed E-state index contributed by atoms with van der Waals surface area (Å²) in [6.45, 7) is 2.49. The molecule has 2 aromatic rings. The van der Waals surface area contributed by atoms with Crippen LogP contribution in [-0.2, 0) is 6.54 Å². The summed E-state index contributed by atoms with van der Waals surface area (Å²) in [5.74, 6) is -0.0572. The first-order valence-corrected chi connectivity index (χ1v) is 6.53. The number of thiophene rings is 2. The lowest BCUT2D eigenvalue weighted by Crippen LogP contribution is -2.21. The van der Waals surface area contributed by atoms with Gasteiger partial charge in [-0.2, -0.15) is 0 Å². The molecule has 0 saturated carbocycles. The highest BCUT2D eigenvalue weighted by atomic mass is 32.1. The molecule has 2 rings (SSSR count). The molecular formula is C11H12N2OS2. The fourth-order valence-electron chi connectivity index (χ4n) is 1.28. The molecule has 0 radical (unpaired) electrons. The number of carbonyl (C=O) groups excluding carboxylic acids is 1. The zero-order valence-electron chi connectivity index (χ0n) is 8.82. The second-order valence-corrected chi connectivity index (χ2v) is 5.67. The van der Waals surface area contributed by atoms with Crippen LogP contribution in [0.4, 0.5) is 5.69 Å². The minimum Gasteiger partial charge on any atom is -0.398 e. The van der Waals surface area contributed by atoms with Gasteiger partial charge >= 0.3 is 0 Å². The van der Waals surface area contributed by atoms with Gasteiger partial charge in [0.2, 0.25) is 0 Å². The van der Waals surface area contributed by atoms with E-state index < -0.39 is 0 Å². The van der Waals surface area contributed by atoms with E-state index in [-0.39, 0.29) is 5.91 Å². The summed E-state index contributed by atoms with van der Waals surface area (Å²) in [5, 5.41) is 4.86. The van der Waals surface area contributed by atoms with Gasteiger partial charge in [0, 0.05) is 15.4 Å². The zero-order chi connectivity index (χ0) is 11.5. The molecule has 0 aromatic carbocycles. The first-order chi connectivity index (χ1) is 7.66. The number of carbonyl (C=O) groups is 1. The second kappa shape index (κ2) is 4.67. The Morgan fingerprint density at radius 3 is 2.94 bits per heavy atom. The molecule has 0 aliphatic rings. The third-order valence-corrected chi connectivity index (χ3v) is 4.12. The van der Waals surface area contributed by atoms with Crippen molar-refractivity contribution in [1.82, 2.24) is 5.32 Å². The molecule has 0 spiro atoms. The van der Waals surface area contributed by atoms with Crippen LogP contribution in [0.2, 0.25) is 0 Å². The van der Waals surface area contributed by atoms with Gasteiger partial charge in [0.05, 0.1) is 11.4 Å². The van der Waals surface area contributed by atoms with E-state index in [2.05, 4.69) is 5.32 Å². The van der Waals surface area contributed by atoms with Crippen LogP contribution in [0.25, 0.3) is 0 Å². The summed E-state index contributed by atoms with van der Waals surface area (Å²) in [4.78, 5) is 14.6. The Labute approximate surface area is 102 Å². The Kier molecular flexibility index (Phi) is 3.26. The number of nitrogens with one attached hydrogen (secondary N) is 1. The number of rotatable bonds is 3. The van der Waals surface area contributed by atoms with Crippen molar-refractivity contribution in [3.8, 4) is 0 Å². The third kappa shape index (κ3) is 2.43. The fraction of sp³-hybridized carbons (Fsp3) is 0.182. The van der Waals surface area contributed by atoms with E-state index in [1.807, 2.05) is 24.4 Å². The molecule has 0 unspecified atom stereocenters. The number of nitrogen functional groups attached to an aromatic ring is 1. The topological polar surface area (TPSA) is 55.1 Å². The Balaban J connectivity index is 1.98. The smallest absolute Gasteiger partial charge is 0.261 e. The highest BCUT2D eigenvalue weighted by Gasteiger charge is 2.10. The van der Waals surface area contributed by atoms with Crippen molar-refractivity contribution in [2.75, 3.05) is 5.73 Å². The van der Waals surface area contributed by atoms with Crippen LogP contribution in [-0.4, -0.2) is 5.91 Å². The van der Waals surface area contributed by atoms with Crippen LogP contribution in [0.5, 0.6) is 0 Å². The Morgan fingerprint density at radius 1 is 1.56 bits per heavy atom. The predicted molar refractivity (Wildman–Crippen MR) is 69.0 cm³/mol. The predicted octanol–water partition coefficient (Wildman–Crippen LogP) is 2.63. The maximum absolute atomic E-state index is 11.8. The molecule has 0 aliphatic heterocycles. The van der Waals surface area contributed by atoms with Crippen LogP contribution >= 0.6 is 22.7 Å². The molecule has 0 fully saturated rings. The highest BCUT2D eigenvalue weighted by molar-refractivity contribution is 7.14. The first-order valence-electron chi connectivity index (χ1n) is 4.83. The van der Waals surface area contributed by atoms with E-state index in [1.165, 1.54) is 11.3 Å². The molecule has 2 heterocycles. The van der Waals surface area contributed by atoms with Gasteiger partial charge in [0.25, 0.3) is 5.91 Å². The molecule has 1 amide bonds. The number of hydrogen-bond donors (Lipinski definition) is 2. The largest absolute Gasteiger partial charge is 0.398 e. The lowest BCUT2D eigenvalue weighted by Gasteiger charge is -2.00. The molecule has 0 aliphatic carbocycles. The van der Waals surface area contributed by atoms with Crippen LogP contribution < -0.4 is 11.1 Å². The summed E-state index contributed by atoms with van der Waals surface area (Å²) in [6.07, 6.45) is 0.